The normalized spacial score (nSPS) is 23.2. The molecule has 2 rings (SSSR count). The lowest BCUT2D eigenvalue weighted by atomic mass is 10.2. The molecule has 18 heavy (non-hydrogen) atoms. The Morgan fingerprint density at radius 3 is 3.17 bits per heavy atom. The first-order chi connectivity index (χ1) is 8.74. The van der Waals surface area contributed by atoms with Crippen molar-refractivity contribution in [2.24, 2.45) is 5.73 Å². The van der Waals surface area contributed by atoms with Gasteiger partial charge in [0.05, 0.1) is 6.61 Å². The van der Waals surface area contributed by atoms with Gasteiger partial charge in [-0.15, -0.1) is 0 Å². The summed E-state index contributed by atoms with van der Waals surface area (Å²) >= 11 is 0. The van der Waals surface area contributed by atoms with Gasteiger partial charge in [0.25, 0.3) is 5.89 Å². The summed E-state index contributed by atoms with van der Waals surface area (Å²) in [6.45, 7) is 5.60. The fraction of sp³-hybridized carbons (Fsp3) is 0.818. The van der Waals surface area contributed by atoms with Gasteiger partial charge in [0.15, 0.2) is 0 Å². The van der Waals surface area contributed by atoms with Gasteiger partial charge >= 0.3 is 0 Å². The quantitative estimate of drug-likeness (QED) is 0.755. The molecule has 2 atom stereocenters. The summed E-state index contributed by atoms with van der Waals surface area (Å²) in [6.07, 6.45) is 0.0187. The maximum atomic E-state index is 9.50. The Balaban J connectivity index is 2.00. The number of ether oxygens (including phenoxy) is 1. The van der Waals surface area contributed by atoms with Crippen molar-refractivity contribution < 1.29 is 14.4 Å². The molecule has 2 unspecified atom stereocenters. The number of rotatable bonds is 5. The minimum atomic E-state index is -0.901. The van der Waals surface area contributed by atoms with Crippen LogP contribution in [-0.2, 0) is 4.74 Å². The van der Waals surface area contributed by atoms with Crippen LogP contribution < -0.4 is 5.73 Å². The third-order valence-electron chi connectivity index (χ3n) is 2.94. The van der Waals surface area contributed by atoms with Crippen LogP contribution in [0, 0.1) is 0 Å². The van der Waals surface area contributed by atoms with Crippen LogP contribution >= 0.6 is 0 Å². The van der Waals surface area contributed by atoms with Crippen LogP contribution in [0.1, 0.15) is 37.3 Å². The molecule has 3 N–H and O–H groups in total. The SMILES string of the molecule is CCCN1CCOC(c2noc(C(O)CN)n2)C1. The largest absolute Gasteiger partial charge is 0.382 e. The molecule has 1 aliphatic rings. The van der Waals surface area contributed by atoms with Crippen LogP contribution in [0.15, 0.2) is 4.52 Å². The number of aliphatic hydroxyl groups is 1. The van der Waals surface area contributed by atoms with Gasteiger partial charge < -0.3 is 20.1 Å². The second kappa shape index (κ2) is 6.24. The van der Waals surface area contributed by atoms with E-state index in [9.17, 15) is 5.11 Å². The van der Waals surface area contributed by atoms with Gasteiger partial charge in [-0.25, -0.2) is 0 Å². The molecule has 0 radical (unpaired) electrons. The average Bonchev–Trinajstić information content (AvgIpc) is 2.88. The van der Waals surface area contributed by atoms with Crippen molar-refractivity contribution in [1.29, 1.82) is 0 Å². The van der Waals surface area contributed by atoms with Crippen molar-refractivity contribution in [2.45, 2.75) is 25.6 Å². The molecule has 1 aromatic rings. The number of aliphatic hydroxyl groups excluding tert-OH is 1. The fourth-order valence-electron chi connectivity index (χ4n) is 1.99. The number of hydrogen-bond donors (Lipinski definition) is 2. The van der Waals surface area contributed by atoms with Crippen LogP contribution in [0.3, 0.4) is 0 Å². The summed E-state index contributed by atoms with van der Waals surface area (Å²) < 4.78 is 10.6. The molecule has 1 aromatic heterocycles. The van der Waals surface area contributed by atoms with Crippen LogP contribution in [-0.4, -0.2) is 52.9 Å². The fourth-order valence-corrected chi connectivity index (χ4v) is 1.99. The lowest BCUT2D eigenvalue weighted by Gasteiger charge is -2.30. The second-order valence-electron chi connectivity index (χ2n) is 4.40. The molecule has 0 spiro atoms. The monoisotopic (exact) mass is 256 g/mol. The third-order valence-corrected chi connectivity index (χ3v) is 2.94. The maximum absolute atomic E-state index is 9.50. The zero-order valence-electron chi connectivity index (χ0n) is 10.6. The van der Waals surface area contributed by atoms with Gasteiger partial charge in [-0.3, -0.25) is 4.90 Å². The highest BCUT2D eigenvalue weighted by atomic mass is 16.5. The summed E-state index contributed by atoms with van der Waals surface area (Å²) in [6, 6.07) is 0. The van der Waals surface area contributed by atoms with Crippen LogP contribution in [0.2, 0.25) is 0 Å². The highest BCUT2D eigenvalue weighted by molar-refractivity contribution is 4.96. The Kier molecular flexibility index (Phi) is 4.65. The van der Waals surface area contributed by atoms with E-state index >= 15 is 0 Å². The predicted octanol–water partition coefficient (Wildman–Crippen LogP) is -0.155. The molecule has 1 aliphatic heterocycles. The van der Waals surface area contributed by atoms with E-state index in [-0.39, 0.29) is 18.5 Å². The van der Waals surface area contributed by atoms with Crippen LogP contribution in [0.5, 0.6) is 0 Å². The maximum Gasteiger partial charge on any atom is 0.256 e. The van der Waals surface area contributed by atoms with Crippen LogP contribution in [0.4, 0.5) is 0 Å². The van der Waals surface area contributed by atoms with Gasteiger partial charge in [-0.2, -0.15) is 4.98 Å². The topological polar surface area (TPSA) is 97.6 Å². The molecule has 1 saturated heterocycles. The minimum absolute atomic E-state index is 0.0646. The minimum Gasteiger partial charge on any atom is -0.382 e. The molecule has 0 aliphatic carbocycles. The van der Waals surface area contributed by atoms with E-state index in [2.05, 4.69) is 22.0 Å². The zero-order chi connectivity index (χ0) is 13.0. The number of nitrogens with two attached hydrogens (primary N) is 1. The number of morpholine rings is 1. The zero-order valence-corrected chi connectivity index (χ0v) is 10.6. The molecule has 1 fully saturated rings. The molecule has 0 amide bonds. The van der Waals surface area contributed by atoms with Gasteiger partial charge in [0.2, 0.25) is 5.82 Å². The summed E-state index contributed by atoms with van der Waals surface area (Å²) in [5.41, 5.74) is 5.34. The summed E-state index contributed by atoms with van der Waals surface area (Å²) in [7, 11) is 0. The first kappa shape index (κ1) is 13.4. The number of aromatic nitrogens is 2. The van der Waals surface area contributed by atoms with E-state index in [4.69, 9.17) is 15.0 Å². The van der Waals surface area contributed by atoms with E-state index in [1.807, 2.05) is 0 Å². The Bertz CT molecular complexity index is 369. The van der Waals surface area contributed by atoms with Crippen molar-refractivity contribution in [3.63, 3.8) is 0 Å². The number of hydrogen-bond acceptors (Lipinski definition) is 7. The van der Waals surface area contributed by atoms with Crippen molar-refractivity contribution in [3.05, 3.63) is 11.7 Å². The lowest BCUT2D eigenvalue weighted by molar-refractivity contribution is -0.0350. The van der Waals surface area contributed by atoms with E-state index in [1.54, 1.807) is 0 Å². The highest BCUT2D eigenvalue weighted by Crippen LogP contribution is 2.21. The van der Waals surface area contributed by atoms with Crippen LogP contribution in [0.25, 0.3) is 0 Å². The first-order valence-electron chi connectivity index (χ1n) is 6.30. The molecule has 7 heteroatoms. The average molecular weight is 256 g/mol. The van der Waals surface area contributed by atoms with E-state index in [0.29, 0.717) is 12.4 Å². The van der Waals surface area contributed by atoms with Gasteiger partial charge in [-0.1, -0.05) is 12.1 Å². The first-order valence-corrected chi connectivity index (χ1v) is 6.30. The summed E-state index contributed by atoms with van der Waals surface area (Å²) in [4.78, 5) is 6.45. The van der Waals surface area contributed by atoms with Crippen molar-refractivity contribution >= 4 is 0 Å². The highest BCUT2D eigenvalue weighted by Gasteiger charge is 2.26. The Hall–Kier alpha value is -1.02. The predicted molar refractivity (Wildman–Crippen MR) is 63.7 cm³/mol. The summed E-state index contributed by atoms with van der Waals surface area (Å²) in [5.74, 6) is 0.641. The van der Waals surface area contributed by atoms with Crippen molar-refractivity contribution in [3.8, 4) is 0 Å². The van der Waals surface area contributed by atoms with Gasteiger partial charge in [-0.05, 0) is 13.0 Å². The molecule has 0 aromatic carbocycles. The lowest BCUT2D eigenvalue weighted by Crippen LogP contribution is -2.39. The van der Waals surface area contributed by atoms with Crippen molar-refractivity contribution in [2.75, 3.05) is 32.8 Å². The molecular formula is C11H20N4O3. The molecular weight excluding hydrogens is 236 g/mol. The second-order valence-corrected chi connectivity index (χ2v) is 4.40. The smallest absolute Gasteiger partial charge is 0.256 e. The van der Waals surface area contributed by atoms with Gasteiger partial charge in [0.1, 0.15) is 12.2 Å². The molecule has 7 nitrogen and oxygen atoms in total. The van der Waals surface area contributed by atoms with E-state index in [1.165, 1.54) is 0 Å². The van der Waals surface area contributed by atoms with Crippen molar-refractivity contribution in [1.82, 2.24) is 15.0 Å². The Morgan fingerprint density at radius 1 is 1.61 bits per heavy atom. The third kappa shape index (κ3) is 3.05. The van der Waals surface area contributed by atoms with Gasteiger partial charge in [0, 0.05) is 19.6 Å². The Labute approximate surface area is 106 Å². The Morgan fingerprint density at radius 2 is 2.44 bits per heavy atom. The molecule has 2 heterocycles. The summed E-state index contributed by atoms with van der Waals surface area (Å²) in [5, 5.41) is 13.4. The van der Waals surface area contributed by atoms with E-state index < -0.39 is 6.10 Å². The molecule has 0 saturated carbocycles. The molecule has 102 valence electrons. The van der Waals surface area contributed by atoms with E-state index in [0.717, 1.165) is 26.1 Å². The standard InChI is InChI=1S/C11H20N4O3/c1-2-3-15-4-5-17-9(7-15)10-13-11(18-14-10)8(16)6-12/h8-9,16H,2-7,12H2,1H3. The number of nitrogens with zero attached hydrogens (tertiary/aromatic N) is 3. The molecule has 0 bridgehead atoms.